The van der Waals surface area contributed by atoms with E-state index in [1.165, 1.54) is 0 Å². The number of benzene rings is 3. The Bertz CT molecular complexity index is 1050. The molecule has 0 spiro atoms. The van der Waals surface area contributed by atoms with E-state index < -0.39 is 6.17 Å². The van der Waals surface area contributed by atoms with E-state index in [1.54, 1.807) is 4.90 Å². The van der Waals surface area contributed by atoms with E-state index in [1.807, 2.05) is 66.7 Å². The van der Waals surface area contributed by atoms with Crippen LogP contribution >= 0.6 is 11.6 Å². The summed E-state index contributed by atoms with van der Waals surface area (Å²) in [6, 6.07) is 20.8. The lowest BCUT2D eigenvalue weighted by molar-refractivity contribution is -0.0172. The summed E-state index contributed by atoms with van der Waals surface area (Å²) in [6.45, 7) is 0.593. The second kappa shape index (κ2) is 6.86. The van der Waals surface area contributed by atoms with Gasteiger partial charge in [-0.2, -0.15) is 0 Å². The van der Waals surface area contributed by atoms with Gasteiger partial charge in [0, 0.05) is 27.5 Å². The number of rotatable bonds is 2. The minimum Gasteiger partial charge on any atom is -0.467 e. The van der Waals surface area contributed by atoms with Crippen LogP contribution in [0.2, 0.25) is 5.02 Å². The molecule has 2 heterocycles. The molecule has 3 aromatic carbocycles. The molecule has 2 aliphatic rings. The summed E-state index contributed by atoms with van der Waals surface area (Å²) in [6.07, 6.45) is -0.463. The van der Waals surface area contributed by atoms with E-state index in [2.05, 4.69) is 5.32 Å². The summed E-state index contributed by atoms with van der Waals surface area (Å²) in [4.78, 5) is 15.2. The van der Waals surface area contributed by atoms with Crippen molar-refractivity contribution in [3.63, 3.8) is 0 Å². The number of fused-ring (bicyclic) bond motifs is 2. The second-order valence-electron chi connectivity index (χ2n) is 6.70. The zero-order valence-corrected chi connectivity index (χ0v) is 15.6. The van der Waals surface area contributed by atoms with Gasteiger partial charge < -0.3 is 14.8 Å². The zero-order chi connectivity index (χ0) is 19.1. The van der Waals surface area contributed by atoms with Crippen LogP contribution < -0.4 is 15.0 Å². The van der Waals surface area contributed by atoms with Crippen molar-refractivity contribution < 1.29 is 14.3 Å². The predicted molar refractivity (Wildman–Crippen MR) is 108 cm³/mol. The zero-order valence-electron chi connectivity index (χ0n) is 14.9. The summed E-state index contributed by atoms with van der Waals surface area (Å²) >= 11 is 6.39. The summed E-state index contributed by atoms with van der Waals surface area (Å²) in [7, 11) is 0. The summed E-state index contributed by atoms with van der Waals surface area (Å²) in [5.74, 6) is 0.632. The molecule has 0 fully saturated rings. The number of nitrogens with one attached hydrogen (secondary N) is 1. The molecule has 1 unspecified atom stereocenters. The summed E-state index contributed by atoms with van der Waals surface area (Å²) < 4.78 is 11.2. The van der Waals surface area contributed by atoms with E-state index in [0.717, 1.165) is 22.5 Å². The minimum atomic E-state index is -0.463. The van der Waals surface area contributed by atoms with Gasteiger partial charge in [0.15, 0.2) is 6.79 Å². The Labute approximate surface area is 167 Å². The third-order valence-corrected chi connectivity index (χ3v) is 5.18. The topological polar surface area (TPSA) is 50.8 Å². The monoisotopic (exact) mass is 392 g/mol. The van der Waals surface area contributed by atoms with Crippen molar-refractivity contribution in [3.8, 4) is 5.75 Å². The normalized spacial score (nSPS) is 18.0. The van der Waals surface area contributed by atoms with Crippen molar-refractivity contribution in [1.29, 1.82) is 0 Å². The third kappa shape index (κ3) is 2.80. The Morgan fingerprint density at radius 1 is 1.04 bits per heavy atom. The van der Waals surface area contributed by atoms with Gasteiger partial charge in [-0.3, -0.25) is 9.69 Å². The van der Waals surface area contributed by atoms with Crippen LogP contribution in [0, 0.1) is 0 Å². The quantitative estimate of drug-likeness (QED) is 0.668. The minimum absolute atomic E-state index is 0.0775. The highest BCUT2D eigenvalue weighted by molar-refractivity contribution is 6.30. The number of ether oxygens (including phenoxy) is 2. The van der Waals surface area contributed by atoms with Crippen molar-refractivity contribution in [2.24, 2.45) is 0 Å². The number of anilines is 2. The number of carbonyl (C=O) groups is 1. The van der Waals surface area contributed by atoms with Gasteiger partial charge in [-0.05, 0) is 36.4 Å². The first-order valence-electron chi connectivity index (χ1n) is 8.99. The molecule has 2 aliphatic heterocycles. The number of nitrogens with zero attached hydrogens (tertiary/aromatic N) is 1. The Hall–Kier alpha value is -3.02. The van der Waals surface area contributed by atoms with Crippen LogP contribution in [-0.2, 0) is 11.3 Å². The molecular formula is C22H17ClN2O3. The molecule has 28 heavy (non-hydrogen) atoms. The lowest BCUT2D eigenvalue weighted by Gasteiger charge is -2.39. The molecule has 0 saturated heterocycles. The second-order valence-corrected chi connectivity index (χ2v) is 7.13. The summed E-state index contributed by atoms with van der Waals surface area (Å²) in [5, 5.41) is 4.07. The number of hydrogen-bond acceptors (Lipinski definition) is 4. The van der Waals surface area contributed by atoms with Crippen LogP contribution in [0.4, 0.5) is 11.4 Å². The largest absolute Gasteiger partial charge is 0.467 e. The molecule has 6 heteroatoms. The van der Waals surface area contributed by atoms with Crippen LogP contribution in [0.25, 0.3) is 0 Å². The van der Waals surface area contributed by atoms with Crippen LogP contribution in [0.3, 0.4) is 0 Å². The highest BCUT2D eigenvalue weighted by Gasteiger charge is 2.36. The average molecular weight is 393 g/mol. The van der Waals surface area contributed by atoms with Crippen LogP contribution in [0.1, 0.15) is 27.7 Å². The molecule has 0 radical (unpaired) electrons. The Balaban J connectivity index is 1.71. The van der Waals surface area contributed by atoms with E-state index >= 15 is 0 Å². The van der Waals surface area contributed by atoms with Crippen molar-refractivity contribution in [3.05, 3.63) is 88.4 Å². The van der Waals surface area contributed by atoms with Gasteiger partial charge >= 0.3 is 0 Å². The molecule has 1 N–H and O–H groups in total. The van der Waals surface area contributed by atoms with E-state index in [4.69, 9.17) is 21.1 Å². The number of hydrogen-bond donors (Lipinski definition) is 1. The smallest absolute Gasteiger partial charge is 0.262 e. The first-order chi connectivity index (χ1) is 13.7. The fourth-order valence-electron chi connectivity index (χ4n) is 3.74. The fraction of sp³-hybridized carbons (Fsp3) is 0.136. The van der Waals surface area contributed by atoms with Crippen LogP contribution in [-0.4, -0.2) is 12.7 Å². The lowest BCUT2D eigenvalue weighted by atomic mass is 9.99. The summed E-state index contributed by atoms with van der Waals surface area (Å²) in [5.41, 5.74) is 3.88. The van der Waals surface area contributed by atoms with E-state index in [0.29, 0.717) is 22.9 Å². The molecular weight excluding hydrogens is 376 g/mol. The first kappa shape index (κ1) is 17.1. The first-order valence-corrected chi connectivity index (χ1v) is 9.37. The Morgan fingerprint density at radius 2 is 1.82 bits per heavy atom. The van der Waals surface area contributed by atoms with Gasteiger partial charge in [0.1, 0.15) is 11.9 Å². The molecule has 0 aromatic heterocycles. The van der Waals surface area contributed by atoms with Crippen LogP contribution in [0.5, 0.6) is 5.75 Å². The SMILES string of the molecule is O=C1c2ccccc2NC(c2cc(Cl)cc3c2OCOC3)N1c1ccccc1. The third-order valence-electron chi connectivity index (χ3n) is 4.96. The Kier molecular flexibility index (Phi) is 4.19. The molecule has 0 aliphatic carbocycles. The Morgan fingerprint density at radius 3 is 2.68 bits per heavy atom. The van der Waals surface area contributed by atoms with Crippen LogP contribution in [0.15, 0.2) is 66.7 Å². The van der Waals surface area contributed by atoms with Gasteiger partial charge in [-0.25, -0.2) is 0 Å². The standard InChI is InChI=1S/C22H17ClN2O3/c23-15-10-14-12-27-13-28-20(14)18(11-15)21-24-19-9-5-4-8-17(19)22(26)25(21)16-6-2-1-3-7-16/h1-11,21,24H,12-13H2. The lowest BCUT2D eigenvalue weighted by Crippen LogP contribution is -2.43. The maximum atomic E-state index is 13.4. The number of carbonyl (C=O) groups excluding carboxylic acids is 1. The van der Waals surface area contributed by atoms with Crippen molar-refractivity contribution in [1.82, 2.24) is 0 Å². The fourth-order valence-corrected chi connectivity index (χ4v) is 3.99. The molecule has 140 valence electrons. The van der Waals surface area contributed by atoms with Gasteiger partial charge in [-0.1, -0.05) is 41.9 Å². The maximum Gasteiger partial charge on any atom is 0.262 e. The molecule has 5 rings (SSSR count). The molecule has 5 nitrogen and oxygen atoms in total. The molecule has 3 aromatic rings. The number of amides is 1. The van der Waals surface area contributed by atoms with Gasteiger partial charge in [-0.15, -0.1) is 0 Å². The van der Waals surface area contributed by atoms with Gasteiger partial charge in [0.05, 0.1) is 12.2 Å². The van der Waals surface area contributed by atoms with E-state index in [-0.39, 0.29) is 12.7 Å². The van der Waals surface area contributed by atoms with Crippen molar-refractivity contribution >= 4 is 28.9 Å². The number of para-hydroxylation sites is 2. The average Bonchev–Trinajstić information content (AvgIpc) is 2.73. The molecule has 1 atom stereocenters. The predicted octanol–water partition coefficient (Wildman–Crippen LogP) is 4.98. The highest BCUT2D eigenvalue weighted by atomic mass is 35.5. The maximum absolute atomic E-state index is 13.4. The molecule has 0 saturated carbocycles. The van der Waals surface area contributed by atoms with Crippen molar-refractivity contribution in [2.75, 3.05) is 17.0 Å². The molecule has 1 amide bonds. The highest BCUT2D eigenvalue weighted by Crippen LogP contribution is 2.42. The van der Waals surface area contributed by atoms with Gasteiger partial charge in [0.25, 0.3) is 5.91 Å². The van der Waals surface area contributed by atoms with E-state index in [9.17, 15) is 4.79 Å². The van der Waals surface area contributed by atoms with Crippen molar-refractivity contribution in [2.45, 2.75) is 12.8 Å². The number of halogens is 1. The molecule has 0 bridgehead atoms. The van der Waals surface area contributed by atoms with Gasteiger partial charge in [0.2, 0.25) is 0 Å².